The maximum absolute atomic E-state index is 12.4. The summed E-state index contributed by atoms with van der Waals surface area (Å²) < 4.78 is 6.19. The molecule has 7 heteroatoms. The number of rotatable bonds is 8. The molecule has 0 aromatic heterocycles. The third kappa shape index (κ3) is 4.96. The summed E-state index contributed by atoms with van der Waals surface area (Å²) in [7, 11) is 0. The smallest absolute Gasteiger partial charge is 0.334 e. The summed E-state index contributed by atoms with van der Waals surface area (Å²) in [4.78, 5) is 26.6. The molecule has 1 heterocycles. The second-order valence-electron chi connectivity index (χ2n) is 8.60. The average molecular weight is 461 g/mol. The molecule has 0 saturated heterocycles. The second-order valence-corrected chi connectivity index (χ2v) is 8.60. The van der Waals surface area contributed by atoms with Gasteiger partial charge in [-0.05, 0) is 49.6 Å². The number of ether oxygens (including phenoxy) is 1. The maximum Gasteiger partial charge on any atom is 0.334 e. The van der Waals surface area contributed by atoms with Gasteiger partial charge in [0.2, 0.25) is 0 Å². The van der Waals surface area contributed by atoms with E-state index in [9.17, 15) is 25.1 Å². The van der Waals surface area contributed by atoms with Gasteiger partial charge >= 0.3 is 11.9 Å². The van der Waals surface area contributed by atoms with Crippen LogP contribution in [0.2, 0.25) is 0 Å². The molecular formula is C27H28N2O5. The van der Waals surface area contributed by atoms with E-state index in [0.29, 0.717) is 28.3 Å². The number of nitriles is 1. The molecule has 1 aliphatic heterocycles. The molecule has 1 atom stereocenters. The van der Waals surface area contributed by atoms with E-state index in [2.05, 4.69) is 0 Å². The molecule has 0 radical (unpaired) electrons. The Hall–Kier alpha value is -4.05. The van der Waals surface area contributed by atoms with Crippen LogP contribution in [0.5, 0.6) is 5.75 Å². The first-order valence-electron chi connectivity index (χ1n) is 11.0. The van der Waals surface area contributed by atoms with E-state index in [0.717, 1.165) is 0 Å². The van der Waals surface area contributed by atoms with E-state index in [1.807, 2.05) is 50.2 Å². The zero-order valence-electron chi connectivity index (χ0n) is 19.6. The lowest BCUT2D eigenvalue weighted by Crippen LogP contribution is -2.41. The number of carbonyl (C=O) groups is 2. The van der Waals surface area contributed by atoms with Crippen LogP contribution in [0.25, 0.3) is 0 Å². The Kier molecular flexibility index (Phi) is 7.42. The molecule has 0 amide bonds. The third-order valence-electron chi connectivity index (χ3n) is 6.11. The number of aliphatic carboxylic acids is 2. The summed E-state index contributed by atoms with van der Waals surface area (Å²) in [6.07, 6.45) is -0.323. The van der Waals surface area contributed by atoms with Gasteiger partial charge in [0.05, 0.1) is 35.2 Å². The van der Waals surface area contributed by atoms with Gasteiger partial charge in [-0.1, -0.05) is 44.2 Å². The van der Waals surface area contributed by atoms with Crippen LogP contribution in [-0.4, -0.2) is 39.7 Å². The van der Waals surface area contributed by atoms with Crippen molar-refractivity contribution in [2.75, 3.05) is 6.54 Å². The van der Waals surface area contributed by atoms with Gasteiger partial charge in [0.25, 0.3) is 0 Å². The second kappa shape index (κ2) is 10.3. The number of carboxylic acids is 2. The quantitative estimate of drug-likeness (QED) is 0.583. The van der Waals surface area contributed by atoms with Crippen molar-refractivity contribution in [2.24, 2.45) is 5.92 Å². The van der Waals surface area contributed by atoms with Gasteiger partial charge in [-0.2, -0.15) is 5.26 Å². The molecule has 3 rings (SSSR count). The van der Waals surface area contributed by atoms with Crippen molar-refractivity contribution < 1.29 is 24.5 Å². The summed E-state index contributed by atoms with van der Waals surface area (Å²) in [5.74, 6) is -2.65. The molecule has 2 aromatic rings. The molecule has 0 spiro atoms. The average Bonchev–Trinajstić information content (AvgIpc) is 2.80. The summed E-state index contributed by atoms with van der Waals surface area (Å²) in [6.45, 7) is 7.66. The Labute approximate surface area is 199 Å². The fourth-order valence-electron chi connectivity index (χ4n) is 4.29. The van der Waals surface area contributed by atoms with Gasteiger partial charge in [-0.25, -0.2) is 9.59 Å². The molecule has 1 unspecified atom stereocenters. The van der Waals surface area contributed by atoms with Crippen LogP contribution < -0.4 is 4.74 Å². The SMILES string of the molecule is CC1=C(C(=O)O)C(c2cccc(C#N)c2)C(C(=O)O)=C(C)N1CC(Oc1ccccc1)C(C)C. The lowest BCUT2D eigenvalue weighted by Gasteiger charge is -2.39. The largest absolute Gasteiger partial charge is 0.488 e. The Morgan fingerprint density at radius 2 is 1.59 bits per heavy atom. The van der Waals surface area contributed by atoms with Crippen molar-refractivity contribution in [3.8, 4) is 11.8 Å². The third-order valence-corrected chi connectivity index (χ3v) is 6.11. The first kappa shape index (κ1) is 24.6. The zero-order valence-corrected chi connectivity index (χ0v) is 19.6. The minimum atomic E-state index is -1.20. The highest BCUT2D eigenvalue weighted by atomic mass is 16.5. The Morgan fingerprint density at radius 3 is 2.09 bits per heavy atom. The summed E-state index contributed by atoms with van der Waals surface area (Å²) in [5.41, 5.74) is 1.63. The van der Waals surface area contributed by atoms with Crippen LogP contribution >= 0.6 is 0 Å². The van der Waals surface area contributed by atoms with Gasteiger partial charge in [0, 0.05) is 11.4 Å². The molecule has 0 fully saturated rings. The van der Waals surface area contributed by atoms with Crippen molar-refractivity contribution in [1.82, 2.24) is 4.90 Å². The fourth-order valence-corrected chi connectivity index (χ4v) is 4.29. The van der Waals surface area contributed by atoms with Gasteiger partial charge < -0.3 is 19.8 Å². The standard InChI is InChI=1S/C27H28N2O5/c1-16(2)22(34-21-11-6-5-7-12-21)15-29-17(3)23(26(30)31)25(24(18(29)4)27(32)33)20-10-8-9-19(13-20)14-28/h5-13,16,22,25H,15H2,1-4H3,(H,30,31)(H,32,33). The summed E-state index contributed by atoms with van der Waals surface area (Å²) >= 11 is 0. The number of carboxylic acid groups (broad SMARTS) is 2. The first-order chi connectivity index (χ1) is 16.1. The Bertz CT molecular complexity index is 1150. The number of benzene rings is 2. The lowest BCUT2D eigenvalue weighted by atomic mass is 9.79. The summed E-state index contributed by atoms with van der Waals surface area (Å²) in [5, 5.41) is 29.6. The highest BCUT2D eigenvalue weighted by Crippen LogP contribution is 2.42. The normalized spacial score (nSPS) is 15.4. The minimum absolute atomic E-state index is 0.0275. The molecule has 176 valence electrons. The Morgan fingerprint density at radius 1 is 1.00 bits per heavy atom. The van der Waals surface area contributed by atoms with E-state index in [1.54, 1.807) is 43.0 Å². The van der Waals surface area contributed by atoms with Crippen LogP contribution in [0.1, 0.15) is 44.7 Å². The minimum Gasteiger partial charge on any atom is -0.488 e. The summed E-state index contributed by atoms with van der Waals surface area (Å²) in [6, 6.07) is 17.8. The molecule has 7 nitrogen and oxygen atoms in total. The number of nitrogens with zero attached hydrogens (tertiary/aromatic N) is 2. The number of hydrogen-bond acceptors (Lipinski definition) is 5. The zero-order chi connectivity index (χ0) is 25.0. The van der Waals surface area contributed by atoms with E-state index >= 15 is 0 Å². The van der Waals surface area contributed by atoms with Gasteiger partial charge in [0.1, 0.15) is 11.9 Å². The highest BCUT2D eigenvalue weighted by Gasteiger charge is 2.40. The number of para-hydroxylation sites is 1. The van der Waals surface area contributed by atoms with Gasteiger partial charge in [-0.3, -0.25) is 0 Å². The monoisotopic (exact) mass is 460 g/mol. The van der Waals surface area contributed by atoms with Crippen LogP contribution in [0.3, 0.4) is 0 Å². The van der Waals surface area contributed by atoms with Crippen molar-refractivity contribution in [3.63, 3.8) is 0 Å². The molecule has 2 aromatic carbocycles. The molecule has 0 aliphatic carbocycles. The predicted octanol–water partition coefficient (Wildman–Crippen LogP) is 4.78. The molecule has 34 heavy (non-hydrogen) atoms. The number of allylic oxidation sites excluding steroid dienone is 2. The maximum atomic E-state index is 12.4. The van der Waals surface area contributed by atoms with Crippen molar-refractivity contribution in [3.05, 3.63) is 88.3 Å². The van der Waals surface area contributed by atoms with Crippen molar-refractivity contribution in [1.29, 1.82) is 5.26 Å². The van der Waals surface area contributed by atoms with Gasteiger partial charge in [-0.15, -0.1) is 0 Å². The molecule has 2 N–H and O–H groups in total. The first-order valence-corrected chi connectivity index (χ1v) is 11.0. The molecule has 1 aliphatic rings. The van der Waals surface area contributed by atoms with E-state index in [4.69, 9.17) is 4.74 Å². The van der Waals surface area contributed by atoms with E-state index < -0.39 is 17.9 Å². The number of hydrogen-bond donors (Lipinski definition) is 2. The fraction of sp³-hybridized carbons (Fsp3) is 0.296. The van der Waals surface area contributed by atoms with Crippen LogP contribution in [-0.2, 0) is 9.59 Å². The van der Waals surface area contributed by atoms with Crippen LogP contribution in [0, 0.1) is 17.2 Å². The van der Waals surface area contributed by atoms with Crippen molar-refractivity contribution >= 4 is 11.9 Å². The molecule has 0 saturated carbocycles. The van der Waals surface area contributed by atoms with Crippen molar-refractivity contribution in [2.45, 2.75) is 39.7 Å². The predicted molar refractivity (Wildman–Crippen MR) is 127 cm³/mol. The van der Waals surface area contributed by atoms with Crippen LogP contribution in [0.4, 0.5) is 0 Å². The van der Waals surface area contributed by atoms with Gasteiger partial charge in [0.15, 0.2) is 0 Å². The lowest BCUT2D eigenvalue weighted by molar-refractivity contribution is -0.133. The highest BCUT2D eigenvalue weighted by molar-refractivity contribution is 5.98. The molecule has 0 bridgehead atoms. The molecular weight excluding hydrogens is 432 g/mol. The van der Waals surface area contributed by atoms with Crippen LogP contribution in [0.15, 0.2) is 77.1 Å². The Balaban J connectivity index is 2.11. The topological polar surface area (TPSA) is 111 Å². The van der Waals surface area contributed by atoms with E-state index in [1.165, 1.54) is 0 Å². The van der Waals surface area contributed by atoms with E-state index in [-0.39, 0.29) is 29.7 Å².